The van der Waals surface area contributed by atoms with Crippen LogP contribution in [0.4, 0.5) is 32.0 Å². The number of rotatable bonds is 2. The Hall–Kier alpha value is -2.52. The molecule has 1 aromatic carbocycles. The molecule has 10 heteroatoms. The number of fused-ring (bicyclic) bond motifs is 5. The number of nitrogens with one attached hydrogen (secondary N) is 2. The molecule has 37 heavy (non-hydrogen) atoms. The number of carbonyl (C=O) groups is 2. The minimum atomic E-state index is -4.91. The Morgan fingerprint density at radius 1 is 0.973 bits per heavy atom. The smallest absolute Gasteiger partial charge is 0.349 e. The lowest BCUT2D eigenvalue weighted by Gasteiger charge is -2.58. The fourth-order valence-corrected chi connectivity index (χ4v) is 8.06. The van der Waals surface area contributed by atoms with Crippen LogP contribution in [-0.4, -0.2) is 17.9 Å². The van der Waals surface area contributed by atoms with Gasteiger partial charge < -0.3 is 10.6 Å². The summed E-state index contributed by atoms with van der Waals surface area (Å²) in [5.74, 6) is -0.555. The number of benzene rings is 1. The SMILES string of the molecule is CC12C=CC(=O)NC1CC[C@@H]1C2CC[C@@]2(C)[C@@H](C(=O)Nc3cc(C(F)(F)F)ccc3C(F)(F)F)CC[C@@H]12. The zero-order valence-corrected chi connectivity index (χ0v) is 20.6. The van der Waals surface area contributed by atoms with E-state index in [0.717, 1.165) is 25.7 Å². The predicted molar refractivity (Wildman–Crippen MR) is 124 cm³/mol. The number of amides is 2. The maximum Gasteiger partial charge on any atom is 0.418 e. The lowest BCUT2D eigenvalue weighted by Crippen LogP contribution is -2.59. The molecular formula is C27H30F6N2O2. The molecule has 3 saturated carbocycles. The summed E-state index contributed by atoms with van der Waals surface area (Å²) in [6.45, 7) is 4.17. The van der Waals surface area contributed by atoms with Gasteiger partial charge in [-0.1, -0.05) is 19.9 Å². The molecule has 0 radical (unpaired) electrons. The van der Waals surface area contributed by atoms with Crippen molar-refractivity contribution in [1.82, 2.24) is 5.32 Å². The first kappa shape index (κ1) is 26.1. The lowest BCUT2D eigenvalue weighted by molar-refractivity contribution is -0.141. The number of alkyl halides is 6. The Balaban J connectivity index is 1.40. The lowest BCUT2D eigenvalue weighted by atomic mass is 9.48. The molecular weight excluding hydrogens is 498 g/mol. The van der Waals surface area contributed by atoms with E-state index in [9.17, 15) is 35.9 Å². The van der Waals surface area contributed by atoms with Crippen molar-refractivity contribution in [1.29, 1.82) is 0 Å². The highest BCUT2D eigenvalue weighted by Gasteiger charge is 2.61. The molecule has 0 bridgehead atoms. The maximum absolute atomic E-state index is 13.6. The summed E-state index contributed by atoms with van der Waals surface area (Å²) in [6, 6.07) is 1.18. The predicted octanol–water partition coefficient (Wildman–Crippen LogP) is 6.58. The fourth-order valence-electron chi connectivity index (χ4n) is 8.06. The Bertz CT molecular complexity index is 1140. The van der Waals surface area contributed by atoms with Crippen molar-refractivity contribution in [3.05, 3.63) is 41.5 Å². The first-order valence-electron chi connectivity index (χ1n) is 12.7. The minimum Gasteiger partial charge on any atom is -0.349 e. The van der Waals surface area contributed by atoms with Crippen molar-refractivity contribution in [3.63, 3.8) is 0 Å². The molecule has 4 nitrogen and oxygen atoms in total. The monoisotopic (exact) mass is 528 g/mol. The van der Waals surface area contributed by atoms with Crippen molar-refractivity contribution in [2.75, 3.05) is 5.32 Å². The summed E-state index contributed by atoms with van der Waals surface area (Å²) in [5.41, 5.74) is -4.06. The third-order valence-electron chi connectivity index (χ3n) is 9.91. The maximum atomic E-state index is 13.6. The van der Waals surface area contributed by atoms with Crippen molar-refractivity contribution < 1.29 is 35.9 Å². The van der Waals surface area contributed by atoms with Crippen molar-refractivity contribution in [2.45, 2.75) is 70.8 Å². The molecule has 3 fully saturated rings. The van der Waals surface area contributed by atoms with Crippen LogP contribution in [0.15, 0.2) is 30.4 Å². The Labute approximate surface area is 211 Å². The fraction of sp³-hybridized carbons (Fsp3) is 0.630. The molecule has 2 amide bonds. The van der Waals surface area contributed by atoms with Crippen molar-refractivity contribution >= 4 is 17.5 Å². The van der Waals surface area contributed by atoms with Gasteiger partial charge in [0.15, 0.2) is 0 Å². The zero-order valence-electron chi connectivity index (χ0n) is 20.6. The van der Waals surface area contributed by atoms with Gasteiger partial charge >= 0.3 is 12.4 Å². The molecule has 3 aliphatic carbocycles. The van der Waals surface area contributed by atoms with Gasteiger partial charge in [0.05, 0.1) is 16.8 Å². The van der Waals surface area contributed by atoms with E-state index in [2.05, 4.69) is 17.6 Å². The van der Waals surface area contributed by atoms with Gasteiger partial charge in [-0.15, -0.1) is 0 Å². The quantitative estimate of drug-likeness (QED) is 0.427. The van der Waals surface area contributed by atoms with Crippen LogP contribution in [-0.2, 0) is 21.9 Å². The van der Waals surface area contributed by atoms with E-state index in [1.807, 2.05) is 13.0 Å². The number of carbonyl (C=O) groups excluding carboxylic acids is 2. The Morgan fingerprint density at radius 3 is 2.38 bits per heavy atom. The first-order valence-corrected chi connectivity index (χ1v) is 12.7. The molecule has 7 atom stereocenters. The van der Waals surface area contributed by atoms with E-state index >= 15 is 0 Å². The molecule has 0 aromatic heterocycles. The highest BCUT2D eigenvalue weighted by molar-refractivity contribution is 5.94. The second kappa shape index (κ2) is 8.50. The van der Waals surface area contributed by atoms with Crippen LogP contribution < -0.4 is 10.6 Å². The highest BCUT2D eigenvalue weighted by atomic mass is 19.4. The van der Waals surface area contributed by atoms with Crippen LogP contribution in [0.2, 0.25) is 0 Å². The summed E-state index contributed by atoms with van der Waals surface area (Å²) in [6.07, 6.45) is -1.73. The van der Waals surface area contributed by atoms with Crippen LogP contribution in [0, 0.1) is 34.5 Å². The second-order valence-electron chi connectivity index (χ2n) is 11.6. The molecule has 202 valence electrons. The Morgan fingerprint density at radius 2 is 1.70 bits per heavy atom. The number of hydrogen-bond acceptors (Lipinski definition) is 2. The standard InChI is InChI=1S/C27H30F6N2O2/c1-24-11-9-17-15(4-8-21-25(17,2)12-10-22(36)35-21)16(24)6-7-19(24)23(37)34-20-13-14(26(28,29)30)3-5-18(20)27(31,32)33/h3,5,10,12-13,15-17,19,21H,4,6-9,11H2,1-2H3,(H,34,37)(H,35,36)/t15-,16-,17?,19+,21?,24+,25?/m0/s1. The van der Waals surface area contributed by atoms with Gasteiger partial charge in [-0.05, 0) is 86.0 Å². The third-order valence-corrected chi connectivity index (χ3v) is 9.91. The van der Waals surface area contributed by atoms with Crippen LogP contribution in [0.25, 0.3) is 0 Å². The van der Waals surface area contributed by atoms with E-state index in [-0.39, 0.29) is 23.3 Å². The molecule has 1 aliphatic heterocycles. The summed E-state index contributed by atoms with van der Waals surface area (Å²) in [5, 5.41) is 5.33. The zero-order chi connectivity index (χ0) is 27.0. The van der Waals surface area contributed by atoms with Crippen molar-refractivity contribution in [3.8, 4) is 0 Å². The topological polar surface area (TPSA) is 58.2 Å². The van der Waals surface area contributed by atoms with E-state index in [0.29, 0.717) is 42.9 Å². The largest absolute Gasteiger partial charge is 0.418 e. The first-order chi connectivity index (χ1) is 17.1. The van der Waals surface area contributed by atoms with Crippen LogP contribution in [0.1, 0.15) is 63.5 Å². The summed E-state index contributed by atoms with van der Waals surface area (Å²) in [7, 11) is 0. The Kier molecular flexibility index (Phi) is 5.99. The van der Waals surface area contributed by atoms with E-state index in [1.165, 1.54) is 0 Å². The average Bonchev–Trinajstić information content (AvgIpc) is 3.15. The molecule has 3 unspecified atom stereocenters. The molecule has 4 aliphatic rings. The van der Waals surface area contributed by atoms with Gasteiger partial charge in [-0.25, -0.2) is 0 Å². The minimum absolute atomic E-state index is 0.0535. The molecule has 2 N–H and O–H groups in total. The number of halogens is 6. The van der Waals surface area contributed by atoms with E-state index in [1.54, 1.807) is 6.08 Å². The van der Waals surface area contributed by atoms with Gasteiger partial charge in [0.2, 0.25) is 11.8 Å². The second-order valence-corrected chi connectivity index (χ2v) is 11.6. The van der Waals surface area contributed by atoms with Crippen LogP contribution >= 0.6 is 0 Å². The van der Waals surface area contributed by atoms with Gasteiger partial charge in [0.1, 0.15) is 0 Å². The van der Waals surface area contributed by atoms with Crippen molar-refractivity contribution in [2.24, 2.45) is 34.5 Å². The summed E-state index contributed by atoms with van der Waals surface area (Å²) in [4.78, 5) is 25.3. The van der Waals surface area contributed by atoms with Crippen LogP contribution in [0.3, 0.4) is 0 Å². The summed E-state index contributed by atoms with van der Waals surface area (Å²) < 4.78 is 80.4. The third kappa shape index (κ3) is 4.24. The van der Waals surface area contributed by atoms with E-state index < -0.39 is 46.4 Å². The van der Waals surface area contributed by atoms with Gasteiger partial charge in [0, 0.05) is 17.4 Å². The van der Waals surface area contributed by atoms with E-state index in [4.69, 9.17) is 0 Å². The molecule has 1 aromatic rings. The average molecular weight is 529 g/mol. The highest BCUT2D eigenvalue weighted by Crippen LogP contribution is 2.65. The number of anilines is 1. The van der Waals surface area contributed by atoms with Gasteiger partial charge in [-0.2, -0.15) is 26.3 Å². The molecule has 0 spiro atoms. The van der Waals surface area contributed by atoms with Gasteiger partial charge in [0.25, 0.3) is 0 Å². The molecule has 1 heterocycles. The van der Waals surface area contributed by atoms with Crippen LogP contribution in [0.5, 0.6) is 0 Å². The summed E-state index contributed by atoms with van der Waals surface area (Å²) >= 11 is 0. The normalized spacial score (nSPS) is 37.3. The molecule has 5 rings (SSSR count). The van der Waals surface area contributed by atoms with Gasteiger partial charge in [-0.3, -0.25) is 9.59 Å². The molecule has 0 saturated heterocycles. The number of hydrogen-bond donors (Lipinski definition) is 2.